The Balaban J connectivity index is 0.000000424. The zero-order valence-electron chi connectivity index (χ0n) is 18.3. The van der Waals surface area contributed by atoms with Crippen LogP contribution in [-0.2, 0) is 14.5 Å². The molecule has 0 N–H and O–H groups in total. The maximum atomic E-state index is 11.0. The first-order valence-corrected chi connectivity index (χ1v) is 12.3. The fourth-order valence-corrected chi connectivity index (χ4v) is 3.47. The van der Waals surface area contributed by atoms with E-state index in [0.717, 1.165) is 6.61 Å². The predicted octanol–water partition coefficient (Wildman–Crippen LogP) is 5.30. The highest BCUT2D eigenvalue weighted by molar-refractivity contribution is 7.86. The lowest BCUT2D eigenvalue weighted by atomic mass is 10.0. The minimum atomic E-state index is -3.85. The van der Waals surface area contributed by atoms with E-state index in [1.165, 1.54) is 36.8 Å². The smallest absolute Gasteiger partial charge is 0.271 e. The molecule has 0 radical (unpaired) electrons. The maximum absolute atomic E-state index is 11.0. The van der Waals surface area contributed by atoms with E-state index in [9.17, 15) is 12.9 Å². The molecule has 0 bridgehead atoms. The van der Waals surface area contributed by atoms with Gasteiger partial charge in [0.05, 0.1) is 5.75 Å². The van der Waals surface area contributed by atoms with Crippen LogP contribution in [0.2, 0.25) is 0 Å². The number of aromatic nitrogens is 1. The van der Waals surface area contributed by atoms with E-state index in [0.29, 0.717) is 18.8 Å². The largest absolute Gasteiger partial charge is 0.297 e. The summed E-state index contributed by atoms with van der Waals surface area (Å²) >= 11 is 0. The third kappa shape index (κ3) is 10.7. The van der Waals surface area contributed by atoms with E-state index < -0.39 is 10.1 Å². The maximum Gasteiger partial charge on any atom is 0.297 e. The van der Waals surface area contributed by atoms with Crippen molar-refractivity contribution in [1.29, 1.82) is 0 Å². The molecule has 0 saturated heterocycles. The molecule has 2 aromatic rings. The molecular formula is C23H35FNO4S+. The van der Waals surface area contributed by atoms with Gasteiger partial charge in [0.25, 0.3) is 10.1 Å². The normalized spacial score (nSPS) is 12.0. The average Bonchev–Trinajstić information content (AvgIpc) is 2.79. The van der Waals surface area contributed by atoms with Crippen LogP contribution in [0.4, 0.5) is 4.53 Å². The number of hydrogen-bond donors (Lipinski definition) is 0. The van der Waals surface area contributed by atoms with Crippen molar-refractivity contribution in [3.05, 3.63) is 54.9 Å². The second kappa shape index (κ2) is 14.9. The molecule has 0 aliphatic heterocycles. The molecule has 0 saturated carbocycles. The van der Waals surface area contributed by atoms with Crippen molar-refractivity contribution in [3.63, 3.8) is 0 Å². The monoisotopic (exact) mass is 440 g/mol. The molecular weight excluding hydrogens is 405 g/mol. The molecule has 5 nitrogen and oxygen atoms in total. The molecule has 30 heavy (non-hydrogen) atoms. The molecule has 0 amide bonds. The first-order chi connectivity index (χ1) is 14.5. The summed E-state index contributed by atoms with van der Waals surface area (Å²) < 4.78 is 35.9. The van der Waals surface area contributed by atoms with Gasteiger partial charge in [-0.15, -0.1) is 0 Å². The Hall–Kier alpha value is -1.99. The summed E-state index contributed by atoms with van der Waals surface area (Å²) in [6, 6.07) is 14.6. The van der Waals surface area contributed by atoms with Gasteiger partial charge in [-0.2, -0.15) is 8.42 Å². The highest BCUT2D eigenvalue weighted by Gasteiger charge is 2.11. The molecule has 168 valence electrons. The molecule has 0 spiro atoms. The summed E-state index contributed by atoms with van der Waals surface area (Å²) in [6.07, 6.45) is 10.1. The van der Waals surface area contributed by atoms with Crippen LogP contribution in [0.25, 0.3) is 11.1 Å². The Labute approximate surface area is 180 Å². The van der Waals surface area contributed by atoms with Crippen LogP contribution in [-0.4, -0.2) is 20.8 Å². The van der Waals surface area contributed by atoms with Gasteiger partial charge < -0.3 is 0 Å². The number of benzene rings is 1. The lowest BCUT2D eigenvalue weighted by Crippen LogP contribution is -2.43. The zero-order chi connectivity index (χ0) is 22.2. The number of rotatable bonds is 12. The third-order valence-electron chi connectivity index (χ3n) is 4.76. The van der Waals surface area contributed by atoms with Gasteiger partial charge in [0, 0.05) is 16.9 Å². The fourth-order valence-electron chi connectivity index (χ4n) is 2.76. The van der Waals surface area contributed by atoms with Crippen LogP contribution in [0.15, 0.2) is 54.9 Å². The summed E-state index contributed by atoms with van der Waals surface area (Å²) in [5.41, 5.74) is 2.45. The van der Waals surface area contributed by atoms with Crippen molar-refractivity contribution in [2.24, 2.45) is 5.92 Å². The van der Waals surface area contributed by atoms with Crippen LogP contribution in [0.5, 0.6) is 0 Å². The van der Waals surface area contributed by atoms with E-state index >= 15 is 0 Å². The van der Waals surface area contributed by atoms with Gasteiger partial charge in [0.1, 0.15) is 0 Å². The molecule has 1 aromatic heterocycles. The number of halogens is 1. The van der Waals surface area contributed by atoms with E-state index in [4.69, 9.17) is 4.84 Å². The molecule has 1 aromatic carbocycles. The first kappa shape index (κ1) is 26.0. The van der Waals surface area contributed by atoms with Crippen LogP contribution >= 0.6 is 0 Å². The van der Waals surface area contributed by atoms with E-state index in [1.54, 1.807) is 0 Å². The Kier molecular flexibility index (Phi) is 12.9. The molecule has 7 heteroatoms. The molecule has 0 aliphatic carbocycles. The van der Waals surface area contributed by atoms with Crippen molar-refractivity contribution in [2.45, 2.75) is 59.3 Å². The topological polar surface area (TPSA) is 56.5 Å². The second-order valence-electron chi connectivity index (χ2n) is 7.20. The predicted molar refractivity (Wildman–Crippen MR) is 118 cm³/mol. The minimum Gasteiger partial charge on any atom is -0.271 e. The Morgan fingerprint density at radius 2 is 1.53 bits per heavy atom. The molecule has 2 rings (SSSR count). The highest BCUT2D eigenvalue weighted by Crippen LogP contribution is 2.16. The van der Waals surface area contributed by atoms with E-state index in [-0.39, 0.29) is 5.75 Å². The lowest BCUT2D eigenvalue weighted by Gasteiger charge is -2.11. The van der Waals surface area contributed by atoms with Gasteiger partial charge in [-0.3, -0.25) is 4.84 Å². The van der Waals surface area contributed by atoms with Gasteiger partial charge in [-0.25, -0.2) is 0 Å². The summed E-state index contributed by atoms with van der Waals surface area (Å²) in [5, 5.41) is 0. The summed E-state index contributed by atoms with van der Waals surface area (Å²) in [5.74, 6) is 0.422. The van der Waals surface area contributed by atoms with E-state index in [2.05, 4.69) is 54.6 Å². The number of unbranched alkanes of at least 4 members (excludes halogenated alkanes) is 2. The molecule has 0 fully saturated rings. The van der Waals surface area contributed by atoms with Crippen molar-refractivity contribution in [1.82, 2.24) is 0 Å². The Morgan fingerprint density at radius 1 is 0.933 bits per heavy atom. The van der Waals surface area contributed by atoms with Crippen LogP contribution < -0.4 is 9.57 Å². The summed E-state index contributed by atoms with van der Waals surface area (Å²) in [6.45, 7) is 7.09. The van der Waals surface area contributed by atoms with Crippen molar-refractivity contribution < 1.29 is 26.9 Å². The third-order valence-corrected chi connectivity index (χ3v) is 5.74. The van der Waals surface area contributed by atoms with Crippen molar-refractivity contribution in [2.75, 3.05) is 12.4 Å². The number of pyridine rings is 1. The van der Waals surface area contributed by atoms with Gasteiger partial charge in [-0.1, -0.05) is 74.8 Å². The average molecular weight is 441 g/mol. The Morgan fingerprint density at radius 3 is 2.07 bits per heavy atom. The fraction of sp³-hybridized carbons (Fsp3) is 0.522. The van der Waals surface area contributed by atoms with Gasteiger partial charge >= 0.3 is 0 Å². The molecule has 1 unspecified atom stereocenters. The Bertz CT molecular complexity index is 783. The van der Waals surface area contributed by atoms with Crippen LogP contribution in [0.1, 0.15) is 59.3 Å². The quantitative estimate of drug-likeness (QED) is 0.420. The van der Waals surface area contributed by atoms with Gasteiger partial charge in [0.2, 0.25) is 12.4 Å². The van der Waals surface area contributed by atoms with Crippen LogP contribution in [0, 0.1) is 5.92 Å². The SMILES string of the molecule is CCCCC(CC)CO[n+]1ccc(-c2ccccc2)cc1.CCCCS(=O)(=O)OF. The molecule has 0 aliphatic rings. The van der Waals surface area contributed by atoms with Gasteiger partial charge in [-0.05, 0) is 40.8 Å². The minimum absolute atomic E-state index is 0.236. The van der Waals surface area contributed by atoms with Crippen LogP contribution in [0.3, 0.4) is 0 Å². The zero-order valence-corrected chi connectivity index (χ0v) is 19.1. The summed E-state index contributed by atoms with van der Waals surface area (Å²) in [7, 11) is -3.85. The highest BCUT2D eigenvalue weighted by atomic mass is 32.2. The summed E-state index contributed by atoms with van der Waals surface area (Å²) in [4.78, 5) is 5.86. The molecule has 1 heterocycles. The number of hydrogen-bond acceptors (Lipinski definition) is 4. The van der Waals surface area contributed by atoms with Crippen molar-refractivity contribution >= 4 is 10.1 Å². The lowest BCUT2D eigenvalue weighted by molar-refractivity contribution is -0.892. The van der Waals surface area contributed by atoms with Gasteiger partial charge in [0.15, 0.2) is 6.61 Å². The van der Waals surface area contributed by atoms with E-state index in [1.807, 2.05) is 30.1 Å². The second-order valence-corrected chi connectivity index (χ2v) is 8.85. The number of nitrogens with zero attached hydrogens (tertiary/aromatic N) is 1. The standard InChI is InChI=1S/C19H26NO.C4H9FO3S/c1-3-5-9-17(4-2)16-21-20-14-12-19(13-15-20)18-10-7-6-8-11-18;1-2-3-4-9(6,7)8-5/h6-8,10-15,17H,3-5,9,16H2,1-2H3;2-4H2,1H3/q+1;. The van der Waals surface area contributed by atoms with Crippen molar-refractivity contribution in [3.8, 4) is 11.1 Å². The first-order valence-electron chi connectivity index (χ1n) is 10.7. The molecule has 1 atom stereocenters.